The second-order valence-electron chi connectivity index (χ2n) is 4.31. The van der Waals surface area contributed by atoms with Crippen molar-refractivity contribution in [2.24, 2.45) is 7.05 Å². The first-order valence-electron chi connectivity index (χ1n) is 5.40. The van der Waals surface area contributed by atoms with E-state index >= 15 is 0 Å². The summed E-state index contributed by atoms with van der Waals surface area (Å²) < 4.78 is 1.82. The second kappa shape index (κ2) is 4.00. The van der Waals surface area contributed by atoms with Gasteiger partial charge in [-0.15, -0.1) is 0 Å². The van der Waals surface area contributed by atoms with E-state index in [1.54, 1.807) is 6.20 Å². The lowest BCUT2D eigenvalue weighted by Gasteiger charge is -2.06. The third-order valence-corrected chi connectivity index (χ3v) is 2.70. The molecule has 0 atom stereocenters. The van der Waals surface area contributed by atoms with Crippen molar-refractivity contribution in [1.29, 1.82) is 0 Å². The highest BCUT2D eigenvalue weighted by molar-refractivity contribution is 5.57. The first-order chi connectivity index (χ1) is 7.58. The molecule has 0 amide bonds. The molecule has 1 aromatic heterocycles. The smallest absolute Gasteiger partial charge is 0.229 e. The maximum absolute atomic E-state index is 9.31. The van der Waals surface area contributed by atoms with Crippen LogP contribution in [0.1, 0.15) is 25.3 Å². The van der Waals surface area contributed by atoms with Crippen molar-refractivity contribution >= 4 is 0 Å². The minimum atomic E-state index is 0.0606. The number of hydrogen-bond acceptors (Lipinski definition) is 2. The highest BCUT2D eigenvalue weighted by Crippen LogP contribution is 2.23. The average Bonchev–Trinajstić information content (AvgIpc) is 2.58. The monoisotopic (exact) mass is 216 g/mol. The number of hydrogen-bond donors (Lipinski definition) is 1. The van der Waals surface area contributed by atoms with Gasteiger partial charge in [-0.05, 0) is 11.5 Å². The molecule has 0 saturated carbocycles. The zero-order valence-electron chi connectivity index (χ0n) is 9.81. The summed E-state index contributed by atoms with van der Waals surface area (Å²) in [5, 5.41) is 9.31. The number of nitrogens with zero attached hydrogens (tertiary/aromatic N) is 2. The van der Waals surface area contributed by atoms with Crippen molar-refractivity contribution in [3.8, 4) is 17.3 Å². The zero-order chi connectivity index (χ0) is 11.7. The lowest BCUT2D eigenvalue weighted by Crippen LogP contribution is -1.92. The molecule has 1 aromatic carbocycles. The Morgan fingerprint density at radius 2 is 1.81 bits per heavy atom. The summed E-state index contributed by atoms with van der Waals surface area (Å²) >= 11 is 0. The predicted octanol–water partition coefficient (Wildman–Crippen LogP) is 2.92. The molecule has 0 aliphatic rings. The van der Waals surface area contributed by atoms with Crippen LogP contribution in [-0.2, 0) is 7.05 Å². The Morgan fingerprint density at radius 1 is 1.19 bits per heavy atom. The fourth-order valence-electron chi connectivity index (χ4n) is 1.74. The lowest BCUT2D eigenvalue weighted by atomic mass is 10.0. The number of imidazole rings is 1. The summed E-state index contributed by atoms with van der Waals surface area (Å²) in [5.74, 6) is 1.38. The van der Waals surface area contributed by atoms with Gasteiger partial charge in [-0.2, -0.15) is 4.98 Å². The molecule has 0 aliphatic heterocycles. The standard InChI is InChI=1S/C13H16N2O/c1-9(2)10-4-6-11(7-5-10)13-14-12(16)8-15(13)3/h4-9,16H,1-3H3. The molecule has 16 heavy (non-hydrogen) atoms. The van der Waals surface area contributed by atoms with Crippen LogP contribution >= 0.6 is 0 Å². The zero-order valence-corrected chi connectivity index (χ0v) is 9.81. The predicted molar refractivity (Wildman–Crippen MR) is 64.4 cm³/mol. The van der Waals surface area contributed by atoms with Gasteiger partial charge in [0.05, 0.1) is 6.20 Å². The van der Waals surface area contributed by atoms with Gasteiger partial charge in [-0.1, -0.05) is 38.1 Å². The molecule has 0 saturated heterocycles. The lowest BCUT2D eigenvalue weighted by molar-refractivity contribution is 0.456. The van der Waals surface area contributed by atoms with E-state index in [1.165, 1.54) is 5.56 Å². The quantitative estimate of drug-likeness (QED) is 0.838. The fourth-order valence-corrected chi connectivity index (χ4v) is 1.74. The highest BCUT2D eigenvalue weighted by atomic mass is 16.3. The molecule has 0 radical (unpaired) electrons. The molecule has 0 unspecified atom stereocenters. The number of aromatic hydroxyl groups is 1. The van der Waals surface area contributed by atoms with Crippen molar-refractivity contribution in [2.75, 3.05) is 0 Å². The van der Waals surface area contributed by atoms with Gasteiger partial charge >= 0.3 is 0 Å². The van der Waals surface area contributed by atoms with Gasteiger partial charge in [0, 0.05) is 12.6 Å². The van der Waals surface area contributed by atoms with Crippen LogP contribution in [0.5, 0.6) is 5.88 Å². The molecule has 0 bridgehead atoms. The third-order valence-electron chi connectivity index (χ3n) is 2.70. The van der Waals surface area contributed by atoms with Gasteiger partial charge in [0.15, 0.2) is 0 Å². The molecule has 2 aromatic rings. The van der Waals surface area contributed by atoms with Gasteiger partial charge in [-0.3, -0.25) is 0 Å². The third kappa shape index (κ3) is 1.94. The van der Waals surface area contributed by atoms with E-state index in [1.807, 2.05) is 23.7 Å². The molecule has 1 N–H and O–H groups in total. The van der Waals surface area contributed by atoms with Crippen molar-refractivity contribution in [1.82, 2.24) is 9.55 Å². The van der Waals surface area contributed by atoms with Crippen molar-refractivity contribution in [3.63, 3.8) is 0 Å². The molecule has 1 heterocycles. The van der Waals surface area contributed by atoms with Gasteiger partial charge < -0.3 is 9.67 Å². The van der Waals surface area contributed by atoms with Gasteiger partial charge in [0.1, 0.15) is 5.82 Å². The Bertz CT molecular complexity index is 483. The molecule has 0 spiro atoms. The van der Waals surface area contributed by atoms with Gasteiger partial charge in [0.2, 0.25) is 5.88 Å². The van der Waals surface area contributed by atoms with Gasteiger partial charge in [0.25, 0.3) is 0 Å². The van der Waals surface area contributed by atoms with Gasteiger partial charge in [-0.25, -0.2) is 0 Å². The topological polar surface area (TPSA) is 38.1 Å². The van der Waals surface area contributed by atoms with Crippen LogP contribution in [0.3, 0.4) is 0 Å². The first kappa shape index (κ1) is 10.7. The van der Waals surface area contributed by atoms with E-state index in [0.29, 0.717) is 5.92 Å². The molecular weight excluding hydrogens is 200 g/mol. The summed E-state index contributed by atoms with van der Waals surface area (Å²) in [6.07, 6.45) is 1.60. The summed E-state index contributed by atoms with van der Waals surface area (Å²) in [6.45, 7) is 4.34. The summed E-state index contributed by atoms with van der Waals surface area (Å²) in [4.78, 5) is 4.07. The summed E-state index contributed by atoms with van der Waals surface area (Å²) in [7, 11) is 1.87. The number of aromatic nitrogens is 2. The second-order valence-corrected chi connectivity index (χ2v) is 4.31. The Morgan fingerprint density at radius 3 is 2.25 bits per heavy atom. The molecule has 3 heteroatoms. The minimum absolute atomic E-state index is 0.0606. The first-order valence-corrected chi connectivity index (χ1v) is 5.40. The van der Waals surface area contributed by atoms with E-state index in [9.17, 15) is 5.11 Å². The van der Waals surface area contributed by atoms with E-state index in [0.717, 1.165) is 11.4 Å². The summed E-state index contributed by atoms with van der Waals surface area (Å²) in [5.41, 5.74) is 2.33. The number of aryl methyl sites for hydroxylation is 1. The van der Waals surface area contributed by atoms with Crippen LogP contribution in [0.4, 0.5) is 0 Å². The number of benzene rings is 1. The van der Waals surface area contributed by atoms with Crippen molar-refractivity contribution in [2.45, 2.75) is 19.8 Å². The number of rotatable bonds is 2. The summed E-state index contributed by atoms with van der Waals surface area (Å²) in [6, 6.07) is 8.28. The van der Waals surface area contributed by atoms with Crippen molar-refractivity contribution < 1.29 is 5.11 Å². The van der Waals surface area contributed by atoms with Crippen LogP contribution in [0.2, 0.25) is 0 Å². The molecular formula is C13H16N2O. The molecule has 2 rings (SSSR count). The Labute approximate surface area is 95.4 Å². The van der Waals surface area contributed by atoms with E-state index < -0.39 is 0 Å². The highest BCUT2D eigenvalue weighted by Gasteiger charge is 2.07. The molecule has 3 nitrogen and oxygen atoms in total. The maximum Gasteiger partial charge on any atom is 0.229 e. The molecule has 84 valence electrons. The Balaban J connectivity index is 2.38. The van der Waals surface area contributed by atoms with Crippen LogP contribution in [0, 0.1) is 0 Å². The average molecular weight is 216 g/mol. The van der Waals surface area contributed by atoms with E-state index in [4.69, 9.17) is 0 Å². The van der Waals surface area contributed by atoms with Crippen LogP contribution < -0.4 is 0 Å². The Kier molecular flexibility index (Phi) is 2.69. The SMILES string of the molecule is CC(C)c1ccc(-c2nc(O)cn2C)cc1. The largest absolute Gasteiger partial charge is 0.492 e. The van der Waals surface area contributed by atoms with E-state index in [2.05, 4.69) is 31.0 Å². The molecule has 0 aliphatic carbocycles. The van der Waals surface area contributed by atoms with Crippen molar-refractivity contribution in [3.05, 3.63) is 36.0 Å². The normalized spacial score (nSPS) is 11.0. The fraction of sp³-hybridized carbons (Fsp3) is 0.308. The minimum Gasteiger partial charge on any atom is -0.492 e. The maximum atomic E-state index is 9.31. The Hall–Kier alpha value is -1.77. The van der Waals surface area contributed by atoms with Crippen LogP contribution in [0.25, 0.3) is 11.4 Å². The van der Waals surface area contributed by atoms with Crippen LogP contribution in [-0.4, -0.2) is 14.7 Å². The van der Waals surface area contributed by atoms with E-state index in [-0.39, 0.29) is 5.88 Å². The van der Waals surface area contributed by atoms with Crippen LogP contribution in [0.15, 0.2) is 30.5 Å². The molecule has 0 fully saturated rings.